The van der Waals surface area contributed by atoms with Gasteiger partial charge in [-0.25, -0.2) is 4.98 Å². The highest BCUT2D eigenvalue weighted by Gasteiger charge is 2.33. The number of guanidine groups is 1. The van der Waals surface area contributed by atoms with Gasteiger partial charge in [0.25, 0.3) is 0 Å². The van der Waals surface area contributed by atoms with Gasteiger partial charge >= 0.3 is 0 Å². The fourth-order valence-electron chi connectivity index (χ4n) is 3.81. The van der Waals surface area contributed by atoms with Crippen LogP contribution in [0.1, 0.15) is 37.7 Å². The first-order valence-electron chi connectivity index (χ1n) is 9.62. The molecule has 1 aliphatic heterocycles. The van der Waals surface area contributed by atoms with Crippen LogP contribution in [0.3, 0.4) is 0 Å². The first kappa shape index (κ1) is 21.4. The largest absolute Gasteiger partial charge is 0.487 e. The van der Waals surface area contributed by atoms with Gasteiger partial charge in [0.05, 0.1) is 23.6 Å². The molecule has 0 radical (unpaired) electrons. The summed E-state index contributed by atoms with van der Waals surface area (Å²) in [6.45, 7) is 4.83. The summed E-state index contributed by atoms with van der Waals surface area (Å²) in [6.07, 6.45) is 0.858. The Hall–Kier alpha value is -2.29. The number of nitrogens with zero attached hydrogens (tertiary/aromatic N) is 3. The van der Waals surface area contributed by atoms with E-state index in [1.807, 2.05) is 43.4 Å². The van der Waals surface area contributed by atoms with E-state index in [-0.39, 0.29) is 35.6 Å². The normalized spacial score (nSPS) is 17.8. The molecule has 1 atom stereocenters. The number of aryl methyl sites for hydroxylation is 1. The minimum absolute atomic E-state index is 0. The number of aromatic nitrogens is 2. The van der Waals surface area contributed by atoms with Crippen LogP contribution in [-0.4, -0.2) is 28.2 Å². The molecule has 3 aromatic rings. The Balaban J connectivity index is 0.00000240. The standard InChI is InChI=1S/C22H27N5O.HI/c1-22(2)13-17(15-9-5-8-12-19(15)28-22)26-21(23-3)24-14-20-25-16-10-6-7-11-18(16)27(20)4;/h5-12,17H,13-14H2,1-4H3,(H2,23,24,26);1H. The van der Waals surface area contributed by atoms with Crippen LogP contribution >= 0.6 is 24.0 Å². The molecular formula is C22H28IN5O. The molecule has 2 aromatic carbocycles. The third kappa shape index (κ3) is 4.49. The molecule has 1 unspecified atom stereocenters. The monoisotopic (exact) mass is 505 g/mol. The molecule has 7 heteroatoms. The molecule has 0 fully saturated rings. The highest BCUT2D eigenvalue weighted by molar-refractivity contribution is 14.0. The maximum absolute atomic E-state index is 6.13. The van der Waals surface area contributed by atoms with Crippen molar-refractivity contribution in [1.82, 2.24) is 20.2 Å². The van der Waals surface area contributed by atoms with Gasteiger partial charge in [0.1, 0.15) is 17.2 Å². The van der Waals surface area contributed by atoms with Crippen LogP contribution in [0.4, 0.5) is 0 Å². The lowest BCUT2D eigenvalue weighted by Gasteiger charge is -2.38. The van der Waals surface area contributed by atoms with E-state index in [0.717, 1.165) is 40.6 Å². The Labute approximate surface area is 188 Å². The van der Waals surface area contributed by atoms with Crippen molar-refractivity contribution >= 4 is 41.0 Å². The second-order valence-electron chi connectivity index (χ2n) is 7.80. The third-order valence-electron chi connectivity index (χ3n) is 5.20. The first-order valence-corrected chi connectivity index (χ1v) is 9.62. The number of ether oxygens (including phenoxy) is 1. The van der Waals surface area contributed by atoms with E-state index in [0.29, 0.717) is 6.54 Å². The van der Waals surface area contributed by atoms with Gasteiger partial charge in [0.15, 0.2) is 5.96 Å². The Morgan fingerprint density at radius 1 is 1.21 bits per heavy atom. The molecular weight excluding hydrogens is 477 g/mol. The molecule has 0 spiro atoms. The van der Waals surface area contributed by atoms with Crippen LogP contribution in [0.2, 0.25) is 0 Å². The second kappa shape index (κ2) is 8.61. The number of benzene rings is 2. The highest BCUT2D eigenvalue weighted by Crippen LogP contribution is 2.39. The number of nitrogens with one attached hydrogen (secondary N) is 2. The van der Waals surface area contributed by atoms with E-state index in [4.69, 9.17) is 9.72 Å². The van der Waals surface area contributed by atoms with Crippen LogP contribution in [0.5, 0.6) is 5.75 Å². The molecule has 0 saturated heterocycles. The Morgan fingerprint density at radius 2 is 1.93 bits per heavy atom. The van der Waals surface area contributed by atoms with E-state index < -0.39 is 0 Å². The zero-order valence-corrected chi connectivity index (χ0v) is 19.6. The Morgan fingerprint density at radius 3 is 2.69 bits per heavy atom. The average molecular weight is 505 g/mol. The van der Waals surface area contributed by atoms with Crippen LogP contribution in [0.15, 0.2) is 53.5 Å². The number of aliphatic imine (C=N–C) groups is 1. The zero-order valence-electron chi connectivity index (χ0n) is 17.3. The molecule has 1 aliphatic rings. The van der Waals surface area contributed by atoms with Crippen LogP contribution in [0, 0.1) is 0 Å². The molecule has 6 nitrogen and oxygen atoms in total. The SMILES string of the molecule is CN=C(NCc1nc2ccccc2n1C)NC1CC(C)(C)Oc2ccccc21.I. The fraction of sp³-hybridized carbons (Fsp3) is 0.364. The van der Waals surface area contributed by atoms with Crippen LogP contribution < -0.4 is 15.4 Å². The van der Waals surface area contributed by atoms with Gasteiger partial charge in [-0.3, -0.25) is 4.99 Å². The van der Waals surface area contributed by atoms with E-state index in [1.54, 1.807) is 7.05 Å². The van der Waals surface area contributed by atoms with Gasteiger partial charge in [0, 0.05) is 26.1 Å². The lowest BCUT2D eigenvalue weighted by molar-refractivity contribution is 0.0694. The van der Waals surface area contributed by atoms with Gasteiger partial charge < -0.3 is 19.9 Å². The van der Waals surface area contributed by atoms with E-state index in [2.05, 4.69) is 46.2 Å². The second-order valence-corrected chi connectivity index (χ2v) is 7.80. The summed E-state index contributed by atoms with van der Waals surface area (Å²) in [5.74, 6) is 2.66. The summed E-state index contributed by atoms with van der Waals surface area (Å²) < 4.78 is 8.24. The molecule has 29 heavy (non-hydrogen) atoms. The number of halogens is 1. The number of hydrogen-bond donors (Lipinski definition) is 2. The molecule has 2 N–H and O–H groups in total. The first-order chi connectivity index (χ1) is 13.5. The number of imidazole rings is 1. The summed E-state index contributed by atoms with van der Waals surface area (Å²) in [4.78, 5) is 9.14. The number of hydrogen-bond acceptors (Lipinski definition) is 3. The molecule has 0 aliphatic carbocycles. The lowest BCUT2D eigenvalue weighted by atomic mass is 9.90. The zero-order chi connectivity index (χ0) is 19.7. The average Bonchev–Trinajstić information content (AvgIpc) is 3.00. The molecule has 0 saturated carbocycles. The minimum atomic E-state index is -0.234. The summed E-state index contributed by atoms with van der Waals surface area (Å²) in [6, 6.07) is 16.5. The van der Waals surface area contributed by atoms with E-state index in [9.17, 15) is 0 Å². The topological polar surface area (TPSA) is 63.5 Å². The predicted octanol–water partition coefficient (Wildman–Crippen LogP) is 4.16. The Kier molecular flexibility index (Phi) is 6.36. The molecule has 0 bridgehead atoms. The molecule has 2 heterocycles. The summed E-state index contributed by atoms with van der Waals surface area (Å²) >= 11 is 0. The van der Waals surface area contributed by atoms with Crippen LogP contribution in [-0.2, 0) is 13.6 Å². The van der Waals surface area contributed by atoms with Gasteiger partial charge in [-0.15, -0.1) is 24.0 Å². The van der Waals surface area contributed by atoms with Crippen molar-refractivity contribution in [2.45, 2.75) is 38.5 Å². The van der Waals surface area contributed by atoms with Crippen molar-refractivity contribution in [1.29, 1.82) is 0 Å². The lowest BCUT2D eigenvalue weighted by Crippen LogP contribution is -2.45. The number of fused-ring (bicyclic) bond motifs is 2. The van der Waals surface area contributed by atoms with Crippen LogP contribution in [0.25, 0.3) is 11.0 Å². The summed E-state index contributed by atoms with van der Waals surface area (Å²) in [5.41, 5.74) is 3.06. The summed E-state index contributed by atoms with van der Waals surface area (Å²) in [5, 5.41) is 6.97. The molecule has 1 aromatic heterocycles. The number of rotatable bonds is 3. The van der Waals surface area contributed by atoms with Crippen molar-refractivity contribution in [3.63, 3.8) is 0 Å². The van der Waals surface area contributed by atoms with Crippen molar-refractivity contribution in [3.05, 3.63) is 59.9 Å². The molecule has 154 valence electrons. The van der Waals surface area contributed by atoms with Gasteiger partial charge in [-0.05, 0) is 32.0 Å². The predicted molar refractivity (Wildman–Crippen MR) is 128 cm³/mol. The van der Waals surface area contributed by atoms with Gasteiger partial charge in [-0.1, -0.05) is 30.3 Å². The maximum Gasteiger partial charge on any atom is 0.191 e. The van der Waals surface area contributed by atoms with E-state index >= 15 is 0 Å². The molecule has 4 rings (SSSR count). The van der Waals surface area contributed by atoms with Crippen molar-refractivity contribution in [2.75, 3.05) is 7.05 Å². The minimum Gasteiger partial charge on any atom is -0.487 e. The van der Waals surface area contributed by atoms with E-state index in [1.165, 1.54) is 0 Å². The third-order valence-corrected chi connectivity index (χ3v) is 5.20. The highest BCUT2D eigenvalue weighted by atomic mass is 127. The van der Waals surface area contributed by atoms with Crippen molar-refractivity contribution < 1.29 is 4.74 Å². The smallest absolute Gasteiger partial charge is 0.191 e. The number of para-hydroxylation sites is 3. The fourth-order valence-corrected chi connectivity index (χ4v) is 3.81. The Bertz CT molecular complexity index is 1030. The molecule has 0 amide bonds. The van der Waals surface area contributed by atoms with Gasteiger partial charge in [0.2, 0.25) is 0 Å². The maximum atomic E-state index is 6.13. The van der Waals surface area contributed by atoms with Gasteiger partial charge in [-0.2, -0.15) is 0 Å². The van der Waals surface area contributed by atoms with Crippen molar-refractivity contribution in [2.24, 2.45) is 12.0 Å². The van der Waals surface area contributed by atoms with Crippen molar-refractivity contribution in [3.8, 4) is 5.75 Å². The quantitative estimate of drug-likeness (QED) is 0.319. The summed E-state index contributed by atoms with van der Waals surface area (Å²) in [7, 11) is 3.83.